The van der Waals surface area contributed by atoms with Gasteiger partial charge in [0.2, 0.25) is 0 Å². The van der Waals surface area contributed by atoms with E-state index in [9.17, 15) is 0 Å². The van der Waals surface area contributed by atoms with Crippen LogP contribution < -0.4 is 0 Å². The summed E-state index contributed by atoms with van der Waals surface area (Å²) in [6, 6.07) is 36.5. The number of hydrogen-bond donors (Lipinski definition) is 0. The van der Waals surface area contributed by atoms with Gasteiger partial charge in [0.1, 0.15) is 5.65 Å². The first-order valence-electron chi connectivity index (χ1n) is 9.67. The third kappa shape index (κ3) is 2.41. The highest BCUT2D eigenvalue weighted by atomic mass is 79.9. The predicted molar refractivity (Wildman–Crippen MR) is 125 cm³/mol. The lowest BCUT2D eigenvalue weighted by Crippen LogP contribution is -1.94. The van der Waals surface area contributed by atoms with Crippen LogP contribution in [0.1, 0.15) is 0 Å². The maximum absolute atomic E-state index is 3.89. The summed E-state index contributed by atoms with van der Waals surface area (Å²) >= 11 is 3.89. The molecule has 0 N–H and O–H groups in total. The highest BCUT2D eigenvalue weighted by Gasteiger charge is 2.19. The van der Waals surface area contributed by atoms with E-state index in [0.717, 1.165) is 15.8 Å². The number of fused-ring (bicyclic) bond motifs is 5. The SMILES string of the molecule is Brc1c2ccccc2n2c3ccccc3n(-c3ccc(-c4ccccc4)cc3)c12. The number of rotatable bonds is 2. The van der Waals surface area contributed by atoms with E-state index in [0.29, 0.717) is 0 Å². The molecule has 0 saturated carbocycles. The van der Waals surface area contributed by atoms with E-state index in [1.807, 2.05) is 0 Å². The van der Waals surface area contributed by atoms with Crippen molar-refractivity contribution in [3.63, 3.8) is 0 Å². The summed E-state index contributed by atoms with van der Waals surface area (Å²) in [5.41, 5.74) is 8.38. The van der Waals surface area contributed by atoms with Crippen LogP contribution in [0.5, 0.6) is 0 Å². The molecule has 3 heteroatoms. The zero-order valence-electron chi connectivity index (χ0n) is 15.6. The van der Waals surface area contributed by atoms with Gasteiger partial charge in [-0.3, -0.25) is 8.97 Å². The van der Waals surface area contributed by atoms with Gasteiger partial charge in [0.05, 0.1) is 21.0 Å². The first-order valence-corrected chi connectivity index (χ1v) is 10.5. The monoisotopic (exact) mass is 436 g/mol. The largest absolute Gasteiger partial charge is 0.293 e. The van der Waals surface area contributed by atoms with Crippen LogP contribution in [0, 0.1) is 0 Å². The van der Waals surface area contributed by atoms with Crippen molar-refractivity contribution < 1.29 is 0 Å². The van der Waals surface area contributed by atoms with Crippen molar-refractivity contribution in [3.05, 3.63) is 108 Å². The highest BCUT2D eigenvalue weighted by molar-refractivity contribution is 9.10. The number of imidazole rings is 1. The molecule has 0 fully saturated rings. The summed E-state index contributed by atoms with van der Waals surface area (Å²) in [5.74, 6) is 0. The van der Waals surface area contributed by atoms with Gasteiger partial charge in [-0.2, -0.15) is 0 Å². The van der Waals surface area contributed by atoms with Crippen molar-refractivity contribution in [2.45, 2.75) is 0 Å². The number of aromatic nitrogens is 2. The molecule has 0 aliphatic carbocycles. The Kier molecular flexibility index (Phi) is 3.65. The van der Waals surface area contributed by atoms with Crippen LogP contribution in [-0.4, -0.2) is 8.97 Å². The summed E-state index contributed by atoms with van der Waals surface area (Å²) in [6.07, 6.45) is 0. The first kappa shape index (κ1) is 16.6. The van der Waals surface area contributed by atoms with Crippen molar-refractivity contribution in [1.82, 2.24) is 8.97 Å². The lowest BCUT2D eigenvalue weighted by atomic mass is 10.1. The summed E-state index contributed by atoms with van der Waals surface area (Å²) in [4.78, 5) is 0. The zero-order valence-corrected chi connectivity index (χ0v) is 17.2. The van der Waals surface area contributed by atoms with Crippen molar-refractivity contribution in [3.8, 4) is 16.8 Å². The van der Waals surface area contributed by atoms with E-state index in [2.05, 4.69) is 128 Å². The molecule has 138 valence electrons. The summed E-state index contributed by atoms with van der Waals surface area (Å²) in [5, 5.41) is 1.22. The summed E-state index contributed by atoms with van der Waals surface area (Å²) < 4.78 is 5.81. The van der Waals surface area contributed by atoms with Crippen LogP contribution in [0.15, 0.2) is 108 Å². The topological polar surface area (TPSA) is 9.34 Å². The van der Waals surface area contributed by atoms with Gasteiger partial charge < -0.3 is 0 Å². The minimum absolute atomic E-state index is 1.12. The lowest BCUT2D eigenvalue weighted by molar-refractivity contribution is 1.14. The summed E-state index contributed by atoms with van der Waals surface area (Å²) in [6.45, 7) is 0. The third-order valence-electron chi connectivity index (χ3n) is 5.60. The van der Waals surface area contributed by atoms with Crippen LogP contribution in [0.25, 0.3) is 44.4 Å². The molecule has 0 spiro atoms. The number of benzene rings is 4. The molecule has 0 atom stereocenters. The molecule has 2 nitrogen and oxygen atoms in total. The molecule has 6 rings (SSSR count). The maximum atomic E-state index is 3.89. The Morgan fingerprint density at radius 3 is 1.86 bits per heavy atom. The average molecular weight is 437 g/mol. The first-order chi connectivity index (χ1) is 14.3. The Hall–Kier alpha value is -3.30. The molecule has 0 amide bonds. The molecule has 4 aromatic carbocycles. The smallest absolute Gasteiger partial charge is 0.138 e. The Morgan fingerprint density at radius 1 is 0.517 bits per heavy atom. The van der Waals surface area contributed by atoms with Crippen molar-refractivity contribution in [2.24, 2.45) is 0 Å². The molecule has 0 radical (unpaired) electrons. The minimum atomic E-state index is 1.12. The van der Waals surface area contributed by atoms with Crippen LogP contribution in [0.2, 0.25) is 0 Å². The molecular formula is C26H17BrN2. The normalized spacial score (nSPS) is 11.6. The van der Waals surface area contributed by atoms with Crippen LogP contribution in [-0.2, 0) is 0 Å². The van der Waals surface area contributed by atoms with Crippen molar-refractivity contribution in [2.75, 3.05) is 0 Å². The highest BCUT2D eigenvalue weighted by Crippen LogP contribution is 2.38. The number of nitrogens with zero attached hydrogens (tertiary/aromatic N) is 2. The van der Waals surface area contributed by atoms with Gasteiger partial charge in [-0.05, 0) is 57.4 Å². The molecule has 2 heterocycles. The van der Waals surface area contributed by atoms with E-state index in [1.165, 1.54) is 33.1 Å². The number of halogens is 1. The van der Waals surface area contributed by atoms with Gasteiger partial charge in [0.15, 0.2) is 0 Å². The maximum Gasteiger partial charge on any atom is 0.138 e. The Bertz CT molecular complexity index is 1490. The molecule has 0 aliphatic rings. The number of hydrogen-bond acceptors (Lipinski definition) is 0. The van der Waals surface area contributed by atoms with Crippen LogP contribution in [0.4, 0.5) is 0 Å². The predicted octanol–water partition coefficient (Wildman–Crippen LogP) is 7.47. The van der Waals surface area contributed by atoms with Crippen molar-refractivity contribution in [1.29, 1.82) is 0 Å². The fraction of sp³-hybridized carbons (Fsp3) is 0. The third-order valence-corrected chi connectivity index (χ3v) is 6.38. The lowest BCUT2D eigenvalue weighted by Gasteiger charge is -2.08. The fourth-order valence-electron chi connectivity index (χ4n) is 4.28. The molecule has 2 aromatic heterocycles. The van der Waals surface area contributed by atoms with E-state index in [1.54, 1.807) is 0 Å². The Morgan fingerprint density at radius 2 is 1.10 bits per heavy atom. The molecule has 0 bridgehead atoms. The van der Waals surface area contributed by atoms with Gasteiger partial charge in [-0.15, -0.1) is 0 Å². The minimum Gasteiger partial charge on any atom is -0.293 e. The second-order valence-electron chi connectivity index (χ2n) is 7.23. The fourth-order valence-corrected chi connectivity index (χ4v) is 4.97. The van der Waals surface area contributed by atoms with E-state index in [4.69, 9.17) is 0 Å². The van der Waals surface area contributed by atoms with Crippen molar-refractivity contribution >= 4 is 43.5 Å². The molecular weight excluding hydrogens is 420 g/mol. The number of para-hydroxylation sites is 3. The molecule has 29 heavy (non-hydrogen) atoms. The van der Waals surface area contributed by atoms with E-state index < -0.39 is 0 Å². The second kappa shape index (κ2) is 6.36. The van der Waals surface area contributed by atoms with Gasteiger partial charge in [0.25, 0.3) is 0 Å². The molecule has 0 unspecified atom stereocenters. The van der Waals surface area contributed by atoms with E-state index >= 15 is 0 Å². The quantitative estimate of drug-likeness (QED) is 0.266. The molecule has 6 aromatic rings. The standard InChI is InChI=1S/C26H17BrN2/c27-25-21-10-4-5-11-22(21)29-24-13-7-6-12-23(24)28(26(25)29)20-16-14-19(15-17-20)18-8-2-1-3-9-18/h1-17H. The Balaban J connectivity index is 1.67. The van der Waals surface area contributed by atoms with Gasteiger partial charge in [0, 0.05) is 11.1 Å². The van der Waals surface area contributed by atoms with Crippen LogP contribution >= 0.6 is 15.9 Å². The second-order valence-corrected chi connectivity index (χ2v) is 8.02. The van der Waals surface area contributed by atoms with Gasteiger partial charge >= 0.3 is 0 Å². The van der Waals surface area contributed by atoms with Gasteiger partial charge in [-0.25, -0.2) is 0 Å². The van der Waals surface area contributed by atoms with Crippen LogP contribution in [0.3, 0.4) is 0 Å². The Labute approximate surface area is 176 Å². The summed E-state index contributed by atoms with van der Waals surface area (Å²) in [7, 11) is 0. The van der Waals surface area contributed by atoms with Gasteiger partial charge in [-0.1, -0.05) is 72.8 Å². The molecule has 0 aliphatic heterocycles. The average Bonchev–Trinajstić information content (AvgIpc) is 3.28. The molecule has 0 saturated heterocycles. The zero-order chi connectivity index (χ0) is 19.4. The van der Waals surface area contributed by atoms with E-state index in [-0.39, 0.29) is 0 Å².